The van der Waals surface area contributed by atoms with Gasteiger partial charge in [-0.1, -0.05) is 19.9 Å². The molecule has 0 radical (unpaired) electrons. The van der Waals surface area contributed by atoms with Gasteiger partial charge >= 0.3 is 5.97 Å². The van der Waals surface area contributed by atoms with Crippen molar-refractivity contribution in [2.45, 2.75) is 84.8 Å². The molecule has 8 atom stereocenters. The number of fused-ring (bicyclic) bond motifs is 5. The van der Waals surface area contributed by atoms with Gasteiger partial charge in [0.25, 0.3) is 0 Å². The van der Waals surface area contributed by atoms with Crippen LogP contribution in [0, 0.1) is 34.5 Å². The third-order valence-corrected chi connectivity index (χ3v) is 10.2. The lowest BCUT2D eigenvalue weighted by Crippen LogP contribution is -2.52. The number of methoxy groups -OCH3 is 1. The largest absolute Gasteiger partial charge is 0.466 e. The van der Waals surface area contributed by atoms with Crippen molar-refractivity contribution in [3.63, 3.8) is 0 Å². The molecule has 0 bridgehead atoms. The Morgan fingerprint density at radius 1 is 1.16 bits per heavy atom. The second kappa shape index (κ2) is 8.30. The molecule has 0 aromatic carbocycles. The SMILES string of the molecule is COC(=O)C1=CC2=CC[C@H]3[C@@H]4CC[C@H](C(=O)N(C)C(C)C(C)O)[C@@]4(C)CC[C@@H]3[C@@]2(C)CC1. The molecular formula is C27H41NO4. The summed E-state index contributed by atoms with van der Waals surface area (Å²) in [7, 11) is 3.31. The zero-order valence-corrected chi connectivity index (χ0v) is 20.7. The number of amides is 1. The van der Waals surface area contributed by atoms with Crippen LogP contribution in [0.2, 0.25) is 0 Å². The van der Waals surface area contributed by atoms with E-state index in [1.807, 2.05) is 14.0 Å². The quantitative estimate of drug-likeness (QED) is 0.650. The molecule has 5 nitrogen and oxygen atoms in total. The van der Waals surface area contributed by atoms with Crippen molar-refractivity contribution in [2.75, 3.05) is 14.2 Å². The highest BCUT2D eigenvalue weighted by molar-refractivity contribution is 5.89. The normalized spacial score (nSPS) is 40.1. The number of nitrogens with zero attached hydrogens (tertiary/aromatic N) is 1. The van der Waals surface area contributed by atoms with E-state index in [1.165, 1.54) is 12.7 Å². The van der Waals surface area contributed by atoms with E-state index >= 15 is 0 Å². The minimum absolute atomic E-state index is 0.0360. The monoisotopic (exact) mass is 443 g/mol. The number of esters is 1. The Morgan fingerprint density at radius 3 is 2.53 bits per heavy atom. The summed E-state index contributed by atoms with van der Waals surface area (Å²) in [4.78, 5) is 27.4. The van der Waals surface area contributed by atoms with Gasteiger partial charge in [0, 0.05) is 18.5 Å². The maximum Gasteiger partial charge on any atom is 0.333 e. The predicted octanol–water partition coefficient (Wildman–Crippen LogP) is 4.50. The number of ether oxygens (including phenoxy) is 1. The molecule has 0 aliphatic heterocycles. The van der Waals surface area contributed by atoms with Crippen molar-refractivity contribution in [2.24, 2.45) is 34.5 Å². The molecule has 0 saturated heterocycles. The molecule has 4 rings (SSSR count). The average Bonchev–Trinajstić information content (AvgIpc) is 3.13. The fraction of sp³-hybridized carbons (Fsp3) is 0.778. The smallest absolute Gasteiger partial charge is 0.333 e. The molecule has 5 heteroatoms. The van der Waals surface area contributed by atoms with Gasteiger partial charge in [0.05, 0.1) is 19.3 Å². The van der Waals surface area contributed by atoms with Gasteiger partial charge in [0.2, 0.25) is 5.91 Å². The molecule has 1 N–H and O–H groups in total. The molecule has 0 spiro atoms. The number of hydrogen-bond acceptors (Lipinski definition) is 4. The maximum absolute atomic E-state index is 13.5. The van der Waals surface area contributed by atoms with Crippen LogP contribution < -0.4 is 0 Å². The number of hydrogen-bond donors (Lipinski definition) is 1. The molecule has 4 aliphatic carbocycles. The van der Waals surface area contributed by atoms with Gasteiger partial charge in [-0.05, 0) is 99.0 Å². The zero-order valence-electron chi connectivity index (χ0n) is 20.7. The minimum atomic E-state index is -0.527. The summed E-state index contributed by atoms with van der Waals surface area (Å²) in [5.74, 6) is 1.84. The van der Waals surface area contributed by atoms with Crippen molar-refractivity contribution in [3.05, 3.63) is 23.3 Å². The Bertz CT molecular complexity index is 845. The van der Waals surface area contributed by atoms with Crippen molar-refractivity contribution < 1.29 is 19.4 Å². The third-order valence-electron chi connectivity index (χ3n) is 10.2. The van der Waals surface area contributed by atoms with Crippen molar-refractivity contribution in [1.82, 2.24) is 4.90 Å². The summed E-state index contributed by atoms with van der Waals surface area (Å²) in [6.07, 6.45) is 11.1. The number of carbonyl (C=O) groups is 2. The van der Waals surface area contributed by atoms with E-state index in [0.717, 1.165) is 50.5 Å². The number of allylic oxidation sites excluding steroid dienone is 3. The highest BCUT2D eigenvalue weighted by atomic mass is 16.5. The van der Waals surface area contributed by atoms with Gasteiger partial charge in [-0.25, -0.2) is 4.79 Å². The van der Waals surface area contributed by atoms with Gasteiger partial charge in [-0.3, -0.25) is 4.79 Å². The second-order valence-corrected chi connectivity index (χ2v) is 11.5. The van der Waals surface area contributed by atoms with Crippen LogP contribution in [0.4, 0.5) is 0 Å². The number of likely N-dealkylation sites (N-methyl/N-ethyl adjacent to an activating group) is 1. The van der Waals surface area contributed by atoms with Gasteiger partial charge in [-0.2, -0.15) is 0 Å². The second-order valence-electron chi connectivity index (χ2n) is 11.5. The average molecular weight is 444 g/mol. The van der Waals surface area contributed by atoms with Crippen LogP contribution in [0.3, 0.4) is 0 Å². The van der Waals surface area contributed by atoms with E-state index in [0.29, 0.717) is 17.8 Å². The highest BCUT2D eigenvalue weighted by Gasteiger charge is 2.60. The van der Waals surface area contributed by atoms with Crippen LogP contribution in [-0.4, -0.2) is 48.2 Å². The van der Waals surface area contributed by atoms with Crippen LogP contribution in [0.15, 0.2) is 23.3 Å². The first kappa shape index (κ1) is 23.5. The van der Waals surface area contributed by atoms with E-state index in [-0.39, 0.29) is 34.7 Å². The van der Waals surface area contributed by atoms with E-state index in [9.17, 15) is 14.7 Å². The first-order chi connectivity index (χ1) is 15.0. The fourth-order valence-corrected chi connectivity index (χ4v) is 7.79. The topological polar surface area (TPSA) is 66.8 Å². The van der Waals surface area contributed by atoms with Gasteiger partial charge < -0.3 is 14.7 Å². The molecule has 0 aromatic heterocycles. The van der Waals surface area contributed by atoms with Crippen LogP contribution in [0.5, 0.6) is 0 Å². The standard InChI is InChI=1S/C27H41NO4/c1-16(17(2)29)28(5)24(30)23-10-9-21-20-8-7-19-15-18(25(31)32-6)11-13-26(19,3)22(20)12-14-27(21,23)4/h7,15-17,20-23,29H,8-14H2,1-6H3/t16?,17?,20-,21-,22-,23+,26-,27-/m0/s1. The van der Waals surface area contributed by atoms with Crippen LogP contribution in [0.1, 0.15) is 72.6 Å². The van der Waals surface area contributed by atoms with E-state index in [4.69, 9.17) is 4.74 Å². The molecular weight excluding hydrogens is 402 g/mol. The van der Waals surface area contributed by atoms with Gasteiger partial charge in [-0.15, -0.1) is 0 Å². The lowest BCUT2D eigenvalue weighted by Gasteiger charge is -2.57. The van der Waals surface area contributed by atoms with Crippen molar-refractivity contribution in [3.8, 4) is 0 Å². The van der Waals surface area contributed by atoms with Crippen LogP contribution in [-0.2, 0) is 14.3 Å². The molecule has 32 heavy (non-hydrogen) atoms. The zero-order chi connectivity index (χ0) is 23.4. The molecule has 2 unspecified atom stereocenters. The van der Waals surface area contributed by atoms with Crippen LogP contribution in [0.25, 0.3) is 0 Å². The Labute approximate surface area is 193 Å². The fourth-order valence-electron chi connectivity index (χ4n) is 7.79. The Balaban J connectivity index is 1.58. The van der Waals surface area contributed by atoms with Crippen LogP contribution >= 0.6 is 0 Å². The molecule has 4 aliphatic rings. The molecule has 1 amide bonds. The van der Waals surface area contributed by atoms with Crippen molar-refractivity contribution in [1.29, 1.82) is 0 Å². The number of aliphatic hydroxyl groups is 1. The summed E-state index contributed by atoms with van der Waals surface area (Å²) in [5, 5.41) is 10.0. The molecule has 2 saturated carbocycles. The third kappa shape index (κ3) is 3.46. The van der Waals surface area contributed by atoms with Gasteiger partial charge in [0.1, 0.15) is 0 Å². The molecule has 0 aromatic rings. The Kier molecular flexibility index (Phi) is 6.11. The summed E-state index contributed by atoms with van der Waals surface area (Å²) in [6.45, 7) is 8.46. The van der Waals surface area contributed by atoms with E-state index in [1.54, 1.807) is 11.8 Å². The summed E-state index contributed by atoms with van der Waals surface area (Å²) < 4.78 is 4.98. The molecule has 2 fully saturated rings. The molecule has 178 valence electrons. The van der Waals surface area contributed by atoms with Crippen molar-refractivity contribution >= 4 is 11.9 Å². The van der Waals surface area contributed by atoms with Gasteiger partial charge in [0.15, 0.2) is 0 Å². The minimum Gasteiger partial charge on any atom is -0.466 e. The first-order valence-corrected chi connectivity index (χ1v) is 12.5. The number of carbonyl (C=O) groups excluding carboxylic acids is 2. The first-order valence-electron chi connectivity index (χ1n) is 12.5. The predicted molar refractivity (Wildman–Crippen MR) is 125 cm³/mol. The maximum atomic E-state index is 13.5. The summed E-state index contributed by atoms with van der Waals surface area (Å²) in [6, 6.07) is -0.168. The lowest BCUT2D eigenvalue weighted by atomic mass is 9.48. The Morgan fingerprint density at radius 2 is 1.88 bits per heavy atom. The molecule has 0 heterocycles. The Hall–Kier alpha value is -1.62. The van der Waals surface area contributed by atoms with E-state index < -0.39 is 6.10 Å². The number of rotatable bonds is 4. The highest BCUT2D eigenvalue weighted by Crippen LogP contribution is 2.66. The summed E-state index contributed by atoms with van der Waals surface area (Å²) >= 11 is 0. The summed E-state index contributed by atoms with van der Waals surface area (Å²) in [5.41, 5.74) is 2.28. The lowest BCUT2D eigenvalue weighted by molar-refractivity contribution is -0.144. The number of aliphatic hydroxyl groups excluding tert-OH is 1. The van der Waals surface area contributed by atoms with E-state index in [2.05, 4.69) is 26.0 Å².